The zero-order valence-electron chi connectivity index (χ0n) is 15.6. The van der Waals surface area contributed by atoms with E-state index in [1.807, 2.05) is 43.0 Å². The van der Waals surface area contributed by atoms with Gasteiger partial charge in [0.1, 0.15) is 0 Å². The number of hydrogen-bond donors (Lipinski definition) is 0. The van der Waals surface area contributed by atoms with Crippen LogP contribution in [-0.2, 0) is 0 Å². The standard InChI is InChI=1S/C19H21ClN6O/c1-12-16(14-4-6-15(20)7-5-14)18-22-21-17(13(2)26(18)23-12)19(27)25-10-8-24(3)9-11-25/h4-7H,8-11H2,1-3H3. The van der Waals surface area contributed by atoms with Gasteiger partial charge in [0, 0.05) is 31.2 Å². The fourth-order valence-corrected chi connectivity index (χ4v) is 3.55. The zero-order chi connectivity index (χ0) is 19.1. The summed E-state index contributed by atoms with van der Waals surface area (Å²) in [4.78, 5) is 17.0. The summed E-state index contributed by atoms with van der Waals surface area (Å²) in [6, 6.07) is 7.55. The van der Waals surface area contributed by atoms with Crippen LogP contribution in [0.1, 0.15) is 21.9 Å². The highest BCUT2D eigenvalue weighted by Gasteiger charge is 2.25. The van der Waals surface area contributed by atoms with Crippen molar-refractivity contribution in [3.8, 4) is 11.1 Å². The van der Waals surface area contributed by atoms with Crippen molar-refractivity contribution in [1.82, 2.24) is 29.6 Å². The van der Waals surface area contributed by atoms with Crippen molar-refractivity contribution >= 4 is 23.2 Å². The fraction of sp³-hybridized carbons (Fsp3) is 0.368. The molecular weight excluding hydrogens is 364 g/mol. The van der Waals surface area contributed by atoms with Gasteiger partial charge in [-0.05, 0) is 38.6 Å². The van der Waals surface area contributed by atoms with E-state index in [0.29, 0.717) is 35.1 Å². The molecule has 1 amide bonds. The number of halogens is 1. The van der Waals surface area contributed by atoms with Crippen LogP contribution in [0.15, 0.2) is 24.3 Å². The van der Waals surface area contributed by atoms with Crippen molar-refractivity contribution < 1.29 is 4.79 Å². The van der Waals surface area contributed by atoms with E-state index in [-0.39, 0.29) is 5.91 Å². The van der Waals surface area contributed by atoms with Gasteiger partial charge in [-0.2, -0.15) is 5.10 Å². The Morgan fingerprint density at radius 2 is 1.70 bits per heavy atom. The summed E-state index contributed by atoms with van der Waals surface area (Å²) < 4.78 is 1.72. The molecule has 1 fully saturated rings. The molecule has 140 valence electrons. The van der Waals surface area contributed by atoms with Gasteiger partial charge in [0.15, 0.2) is 11.3 Å². The molecule has 1 aliphatic rings. The van der Waals surface area contributed by atoms with Crippen LogP contribution in [0.25, 0.3) is 16.8 Å². The molecule has 1 aromatic carbocycles. The zero-order valence-corrected chi connectivity index (χ0v) is 16.4. The van der Waals surface area contributed by atoms with Gasteiger partial charge in [0.05, 0.1) is 17.0 Å². The second kappa shape index (κ2) is 6.90. The number of aryl methyl sites for hydroxylation is 2. The Morgan fingerprint density at radius 3 is 2.37 bits per heavy atom. The third-order valence-electron chi connectivity index (χ3n) is 5.07. The van der Waals surface area contributed by atoms with Crippen molar-refractivity contribution in [3.05, 3.63) is 46.4 Å². The molecular formula is C19H21ClN6O. The van der Waals surface area contributed by atoms with E-state index in [2.05, 4.69) is 27.2 Å². The number of rotatable bonds is 2. The number of likely N-dealkylation sites (N-methyl/N-ethyl adjacent to an activating group) is 1. The summed E-state index contributed by atoms with van der Waals surface area (Å²) in [5, 5.41) is 13.9. The minimum absolute atomic E-state index is 0.0869. The molecule has 1 saturated heterocycles. The van der Waals surface area contributed by atoms with E-state index in [9.17, 15) is 4.79 Å². The van der Waals surface area contributed by atoms with Gasteiger partial charge < -0.3 is 9.80 Å². The highest BCUT2D eigenvalue weighted by atomic mass is 35.5. The second-order valence-corrected chi connectivity index (χ2v) is 7.37. The van der Waals surface area contributed by atoms with Crippen molar-refractivity contribution in [2.45, 2.75) is 13.8 Å². The predicted molar refractivity (Wildman–Crippen MR) is 104 cm³/mol. The first kappa shape index (κ1) is 17.9. The van der Waals surface area contributed by atoms with Gasteiger partial charge in [-0.15, -0.1) is 10.2 Å². The van der Waals surface area contributed by atoms with Crippen molar-refractivity contribution in [3.63, 3.8) is 0 Å². The molecule has 2 aromatic heterocycles. The van der Waals surface area contributed by atoms with Gasteiger partial charge in [-0.1, -0.05) is 23.7 Å². The van der Waals surface area contributed by atoms with Gasteiger partial charge in [0.2, 0.25) is 0 Å². The smallest absolute Gasteiger partial charge is 0.276 e. The Hall–Kier alpha value is -2.51. The molecule has 0 spiro atoms. The number of carbonyl (C=O) groups excluding carboxylic acids is 1. The molecule has 3 aromatic rings. The lowest BCUT2D eigenvalue weighted by atomic mass is 10.1. The highest BCUT2D eigenvalue weighted by Crippen LogP contribution is 2.28. The van der Waals surface area contributed by atoms with Crippen LogP contribution in [0.2, 0.25) is 5.02 Å². The third kappa shape index (κ3) is 3.17. The van der Waals surface area contributed by atoms with E-state index in [1.165, 1.54) is 0 Å². The van der Waals surface area contributed by atoms with Crippen LogP contribution in [-0.4, -0.2) is 68.7 Å². The maximum absolute atomic E-state index is 12.9. The molecule has 0 bridgehead atoms. The first-order valence-corrected chi connectivity index (χ1v) is 9.30. The van der Waals surface area contributed by atoms with E-state index < -0.39 is 0 Å². The van der Waals surface area contributed by atoms with Crippen LogP contribution >= 0.6 is 11.6 Å². The molecule has 0 unspecified atom stereocenters. The molecule has 4 rings (SSSR count). The topological polar surface area (TPSA) is 66.6 Å². The average molecular weight is 385 g/mol. The second-order valence-electron chi connectivity index (χ2n) is 6.93. The van der Waals surface area contributed by atoms with E-state index in [0.717, 1.165) is 29.9 Å². The third-order valence-corrected chi connectivity index (χ3v) is 5.32. The highest BCUT2D eigenvalue weighted by molar-refractivity contribution is 6.30. The largest absolute Gasteiger partial charge is 0.335 e. The van der Waals surface area contributed by atoms with E-state index in [1.54, 1.807) is 4.52 Å². The summed E-state index contributed by atoms with van der Waals surface area (Å²) in [7, 11) is 2.06. The molecule has 8 heteroatoms. The van der Waals surface area contributed by atoms with E-state index in [4.69, 9.17) is 11.6 Å². The minimum Gasteiger partial charge on any atom is -0.335 e. The van der Waals surface area contributed by atoms with Gasteiger partial charge in [0.25, 0.3) is 5.91 Å². The Kier molecular flexibility index (Phi) is 4.57. The first-order chi connectivity index (χ1) is 13.0. The number of fused-ring (bicyclic) bond motifs is 1. The SMILES string of the molecule is Cc1nn2c(C)c(C(=O)N3CCN(C)CC3)nnc2c1-c1ccc(Cl)cc1. The molecule has 0 N–H and O–H groups in total. The maximum atomic E-state index is 12.9. The molecule has 0 saturated carbocycles. The molecule has 27 heavy (non-hydrogen) atoms. The molecule has 0 aliphatic carbocycles. The summed E-state index contributed by atoms with van der Waals surface area (Å²) in [6.07, 6.45) is 0. The van der Waals surface area contributed by atoms with Crippen LogP contribution < -0.4 is 0 Å². The predicted octanol–water partition coefficient (Wildman–Crippen LogP) is 2.45. The molecule has 0 atom stereocenters. The Balaban J connectivity index is 1.75. The molecule has 7 nitrogen and oxygen atoms in total. The quantitative estimate of drug-likeness (QED) is 0.679. The van der Waals surface area contributed by atoms with E-state index >= 15 is 0 Å². The van der Waals surface area contributed by atoms with Crippen molar-refractivity contribution in [2.24, 2.45) is 0 Å². The molecule has 3 heterocycles. The van der Waals surface area contributed by atoms with Crippen molar-refractivity contribution in [1.29, 1.82) is 0 Å². The summed E-state index contributed by atoms with van der Waals surface area (Å²) in [5.74, 6) is -0.0869. The summed E-state index contributed by atoms with van der Waals surface area (Å²) in [6.45, 7) is 6.92. The minimum atomic E-state index is -0.0869. The van der Waals surface area contributed by atoms with Crippen molar-refractivity contribution in [2.75, 3.05) is 33.2 Å². The maximum Gasteiger partial charge on any atom is 0.276 e. The van der Waals surface area contributed by atoms with Crippen LogP contribution in [0.3, 0.4) is 0 Å². The number of hydrogen-bond acceptors (Lipinski definition) is 5. The summed E-state index contributed by atoms with van der Waals surface area (Å²) in [5.41, 5.74) is 4.41. The Bertz CT molecular complexity index is 1010. The number of amides is 1. The average Bonchev–Trinajstić information content (AvgIpc) is 3.00. The molecule has 1 aliphatic heterocycles. The fourth-order valence-electron chi connectivity index (χ4n) is 3.42. The normalized spacial score (nSPS) is 15.5. The number of benzene rings is 1. The number of carbonyl (C=O) groups is 1. The Morgan fingerprint density at radius 1 is 1.04 bits per heavy atom. The lowest BCUT2D eigenvalue weighted by Gasteiger charge is -2.32. The van der Waals surface area contributed by atoms with Gasteiger partial charge in [-0.3, -0.25) is 4.79 Å². The lowest BCUT2D eigenvalue weighted by molar-refractivity contribution is 0.0655. The van der Waals surface area contributed by atoms with Gasteiger partial charge >= 0.3 is 0 Å². The summed E-state index contributed by atoms with van der Waals surface area (Å²) >= 11 is 6.00. The van der Waals surface area contributed by atoms with Gasteiger partial charge in [-0.25, -0.2) is 4.52 Å². The molecule has 0 radical (unpaired) electrons. The van der Waals surface area contributed by atoms with Crippen LogP contribution in [0, 0.1) is 13.8 Å². The first-order valence-electron chi connectivity index (χ1n) is 8.92. The Labute approximate surface area is 162 Å². The number of piperazine rings is 1. The van der Waals surface area contributed by atoms with Crippen LogP contribution in [0.5, 0.6) is 0 Å². The lowest BCUT2D eigenvalue weighted by Crippen LogP contribution is -2.47. The van der Waals surface area contributed by atoms with Crippen LogP contribution in [0.4, 0.5) is 0 Å². The monoisotopic (exact) mass is 384 g/mol. The number of nitrogens with zero attached hydrogens (tertiary/aromatic N) is 6. The number of aromatic nitrogens is 4.